The maximum absolute atomic E-state index is 12.7. The largest absolute Gasteiger partial charge is 0.476 e. The fourth-order valence-corrected chi connectivity index (χ4v) is 3.18. The molecule has 4 nitrogen and oxygen atoms in total. The van der Waals surface area contributed by atoms with Crippen LogP contribution in [0.25, 0.3) is 0 Å². The summed E-state index contributed by atoms with van der Waals surface area (Å²) in [7, 11) is 0. The highest BCUT2D eigenvalue weighted by molar-refractivity contribution is 6.31. The molecule has 0 radical (unpaired) electrons. The first-order valence-electron chi connectivity index (χ1n) is 7.50. The van der Waals surface area contributed by atoms with Gasteiger partial charge in [0.2, 0.25) is 0 Å². The summed E-state index contributed by atoms with van der Waals surface area (Å²) in [5.41, 5.74) is -0.0442. The van der Waals surface area contributed by atoms with Crippen molar-refractivity contribution >= 4 is 23.2 Å². The number of hydrogen-bond acceptors (Lipinski definition) is 3. The van der Waals surface area contributed by atoms with Crippen LogP contribution in [0.1, 0.15) is 26.7 Å². The molecule has 1 aromatic carbocycles. The minimum absolute atomic E-state index is 0.00327. The van der Waals surface area contributed by atoms with Gasteiger partial charge in [-0.15, -0.1) is 0 Å². The summed E-state index contributed by atoms with van der Waals surface area (Å²) in [6, 6.07) is 5.45. The molecule has 0 N–H and O–H groups in total. The number of hydrogen-bond donors (Lipinski definition) is 0. The van der Waals surface area contributed by atoms with E-state index in [9.17, 15) is 4.79 Å². The van der Waals surface area contributed by atoms with E-state index in [-0.39, 0.29) is 5.91 Å². The smallest absolute Gasteiger partial charge is 0.270 e. The lowest BCUT2D eigenvalue weighted by Gasteiger charge is -2.39. The molecular weight excluding hydrogens is 288 g/mol. The molecule has 1 saturated heterocycles. The third-order valence-corrected chi connectivity index (χ3v) is 4.41. The third kappa shape index (κ3) is 2.87. The molecule has 114 valence electrons. The van der Waals surface area contributed by atoms with E-state index in [1.807, 2.05) is 30.9 Å². The van der Waals surface area contributed by atoms with Crippen LogP contribution in [0.5, 0.6) is 5.75 Å². The average Bonchev–Trinajstić information content (AvgIpc) is 2.93. The quantitative estimate of drug-likeness (QED) is 0.860. The van der Waals surface area contributed by atoms with Gasteiger partial charge in [0.25, 0.3) is 5.91 Å². The van der Waals surface area contributed by atoms with Crippen molar-refractivity contribution in [1.29, 1.82) is 0 Å². The second-order valence-corrected chi connectivity index (χ2v) is 6.67. The highest BCUT2D eigenvalue weighted by atomic mass is 35.5. The molecule has 0 saturated carbocycles. The number of nitrogens with zero attached hydrogens (tertiary/aromatic N) is 2. The van der Waals surface area contributed by atoms with E-state index in [2.05, 4.69) is 4.90 Å². The minimum atomic E-state index is -0.828. The van der Waals surface area contributed by atoms with Crippen LogP contribution in [-0.4, -0.2) is 42.6 Å². The van der Waals surface area contributed by atoms with Crippen molar-refractivity contribution in [3.63, 3.8) is 0 Å². The summed E-state index contributed by atoms with van der Waals surface area (Å²) in [6.45, 7) is 7.47. The standard InChI is InChI=1S/C16H21ClN2O2/c1-16(2)15(20)19(10-9-18-7-3-4-8-18)13-11-12(17)5-6-14(13)21-16/h5-6,11H,3-4,7-10H2,1-2H3. The van der Waals surface area contributed by atoms with Crippen molar-refractivity contribution in [3.05, 3.63) is 23.2 Å². The van der Waals surface area contributed by atoms with Gasteiger partial charge in [0.15, 0.2) is 5.60 Å². The van der Waals surface area contributed by atoms with Gasteiger partial charge in [-0.3, -0.25) is 4.79 Å². The van der Waals surface area contributed by atoms with Crippen LogP contribution in [0.15, 0.2) is 18.2 Å². The van der Waals surface area contributed by atoms with Gasteiger partial charge in [-0.1, -0.05) is 11.6 Å². The fraction of sp³-hybridized carbons (Fsp3) is 0.562. The lowest BCUT2D eigenvalue weighted by molar-refractivity contribution is -0.132. The number of rotatable bonds is 3. The lowest BCUT2D eigenvalue weighted by atomic mass is 10.0. The maximum Gasteiger partial charge on any atom is 0.270 e. The van der Waals surface area contributed by atoms with E-state index in [1.165, 1.54) is 12.8 Å². The first-order chi connectivity index (χ1) is 9.97. The number of fused-ring (bicyclic) bond motifs is 1. The van der Waals surface area contributed by atoms with Gasteiger partial charge >= 0.3 is 0 Å². The zero-order valence-electron chi connectivity index (χ0n) is 12.6. The van der Waals surface area contributed by atoms with Gasteiger partial charge in [-0.2, -0.15) is 0 Å². The predicted octanol–water partition coefficient (Wildman–Crippen LogP) is 2.94. The second-order valence-electron chi connectivity index (χ2n) is 6.23. The molecule has 0 bridgehead atoms. The molecule has 1 amide bonds. The number of likely N-dealkylation sites (tertiary alicyclic amines) is 1. The van der Waals surface area contributed by atoms with E-state index in [4.69, 9.17) is 16.3 Å². The Balaban J connectivity index is 1.85. The molecule has 2 aliphatic heterocycles. The summed E-state index contributed by atoms with van der Waals surface area (Å²) in [4.78, 5) is 16.9. The first kappa shape index (κ1) is 14.7. The van der Waals surface area contributed by atoms with Gasteiger partial charge in [-0.25, -0.2) is 0 Å². The number of ether oxygens (including phenoxy) is 1. The Morgan fingerprint density at radius 1 is 1.24 bits per heavy atom. The van der Waals surface area contributed by atoms with Crippen molar-refractivity contribution < 1.29 is 9.53 Å². The maximum atomic E-state index is 12.7. The zero-order valence-corrected chi connectivity index (χ0v) is 13.3. The fourth-order valence-electron chi connectivity index (χ4n) is 3.01. The Labute approximate surface area is 130 Å². The lowest BCUT2D eigenvalue weighted by Crippen LogP contribution is -2.54. The van der Waals surface area contributed by atoms with Crippen LogP contribution in [0, 0.1) is 0 Å². The Hall–Kier alpha value is -1.26. The van der Waals surface area contributed by atoms with E-state index in [0.29, 0.717) is 11.6 Å². The Morgan fingerprint density at radius 2 is 1.95 bits per heavy atom. The molecule has 21 heavy (non-hydrogen) atoms. The summed E-state index contributed by atoms with van der Waals surface area (Å²) in [6.07, 6.45) is 2.51. The van der Waals surface area contributed by atoms with Gasteiger partial charge in [0.05, 0.1) is 5.69 Å². The van der Waals surface area contributed by atoms with Crippen molar-refractivity contribution in [2.45, 2.75) is 32.3 Å². The van der Waals surface area contributed by atoms with Gasteiger partial charge in [0, 0.05) is 18.1 Å². The van der Waals surface area contributed by atoms with Crippen LogP contribution in [0.4, 0.5) is 5.69 Å². The van der Waals surface area contributed by atoms with Crippen molar-refractivity contribution in [2.24, 2.45) is 0 Å². The molecule has 2 aliphatic rings. The number of amides is 1. The molecule has 0 atom stereocenters. The van der Waals surface area contributed by atoms with Crippen LogP contribution < -0.4 is 9.64 Å². The molecule has 1 aromatic rings. The van der Waals surface area contributed by atoms with Crippen molar-refractivity contribution in [3.8, 4) is 5.75 Å². The Kier molecular flexibility index (Phi) is 3.84. The molecule has 2 heterocycles. The molecule has 3 rings (SSSR count). The van der Waals surface area contributed by atoms with E-state index >= 15 is 0 Å². The number of anilines is 1. The topological polar surface area (TPSA) is 32.8 Å². The molecule has 1 fully saturated rings. The van der Waals surface area contributed by atoms with E-state index in [0.717, 1.165) is 31.1 Å². The molecular formula is C16H21ClN2O2. The number of halogens is 1. The highest BCUT2D eigenvalue weighted by Crippen LogP contribution is 2.39. The van der Waals surface area contributed by atoms with E-state index < -0.39 is 5.60 Å². The average molecular weight is 309 g/mol. The second kappa shape index (κ2) is 5.50. The van der Waals surface area contributed by atoms with Gasteiger partial charge < -0.3 is 14.5 Å². The Bertz CT molecular complexity index is 553. The molecule has 0 aromatic heterocycles. The molecule has 0 aliphatic carbocycles. The number of benzene rings is 1. The third-order valence-electron chi connectivity index (χ3n) is 4.18. The zero-order chi connectivity index (χ0) is 15.0. The molecule has 0 unspecified atom stereocenters. The molecule has 5 heteroatoms. The van der Waals surface area contributed by atoms with Crippen LogP contribution >= 0.6 is 11.6 Å². The van der Waals surface area contributed by atoms with Gasteiger partial charge in [-0.05, 0) is 58.0 Å². The van der Waals surface area contributed by atoms with Crippen molar-refractivity contribution in [2.75, 3.05) is 31.1 Å². The van der Waals surface area contributed by atoms with E-state index in [1.54, 1.807) is 6.07 Å². The van der Waals surface area contributed by atoms with Crippen LogP contribution in [0.3, 0.4) is 0 Å². The SMILES string of the molecule is CC1(C)Oc2ccc(Cl)cc2N(CCN2CCCC2)C1=O. The summed E-state index contributed by atoms with van der Waals surface area (Å²) >= 11 is 6.08. The van der Waals surface area contributed by atoms with Crippen molar-refractivity contribution in [1.82, 2.24) is 4.90 Å². The summed E-state index contributed by atoms with van der Waals surface area (Å²) < 4.78 is 5.83. The number of carbonyl (C=O) groups excluding carboxylic acids is 1. The monoisotopic (exact) mass is 308 g/mol. The van der Waals surface area contributed by atoms with Gasteiger partial charge in [0.1, 0.15) is 5.75 Å². The number of carbonyl (C=O) groups is 1. The minimum Gasteiger partial charge on any atom is -0.476 e. The predicted molar refractivity (Wildman–Crippen MR) is 84.2 cm³/mol. The summed E-state index contributed by atoms with van der Waals surface area (Å²) in [5, 5.41) is 0.621. The first-order valence-corrected chi connectivity index (χ1v) is 7.88. The molecule has 0 spiro atoms. The normalized spacial score (nSPS) is 21.3. The summed E-state index contributed by atoms with van der Waals surface area (Å²) in [5.74, 6) is 0.724. The Morgan fingerprint density at radius 3 is 2.67 bits per heavy atom. The van der Waals surface area contributed by atoms with Crippen LogP contribution in [0.2, 0.25) is 5.02 Å². The van der Waals surface area contributed by atoms with Crippen LogP contribution in [-0.2, 0) is 4.79 Å². The highest BCUT2D eigenvalue weighted by Gasteiger charge is 2.40.